The lowest BCUT2D eigenvalue weighted by Crippen LogP contribution is -2.17. The first-order valence-electron chi connectivity index (χ1n) is 5.76. The van der Waals surface area contributed by atoms with Crippen LogP contribution in [0.15, 0.2) is 30.6 Å². The van der Waals surface area contributed by atoms with E-state index in [1.807, 2.05) is 0 Å². The number of carbonyl (C=O) groups is 1. The maximum Gasteiger partial charge on any atom is 0.338 e. The predicted molar refractivity (Wildman–Crippen MR) is 66.1 cm³/mol. The van der Waals surface area contributed by atoms with Gasteiger partial charge in [0.15, 0.2) is 0 Å². The van der Waals surface area contributed by atoms with Crippen LogP contribution in [0.2, 0.25) is 0 Å². The standard InChI is InChI=1S/C13H10FN3O2/c14-10-2-1-8-3-4-17(11(8)5-10)13-15-6-9(7-16-13)12(18)19/h1-2,5-7H,3-4H2,(H,18,19). The fourth-order valence-electron chi connectivity index (χ4n) is 2.13. The Labute approximate surface area is 108 Å². The molecular weight excluding hydrogens is 249 g/mol. The summed E-state index contributed by atoms with van der Waals surface area (Å²) in [4.78, 5) is 20.6. The SMILES string of the molecule is O=C(O)c1cnc(N2CCc3ccc(F)cc32)nc1. The van der Waals surface area contributed by atoms with E-state index in [-0.39, 0.29) is 11.4 Å². The summed E-state index contributed by atoms with van der Waals surface area (Å²) in [6.45, 7) is 0.658. The maximum absolute atomic E-state index is 13.3. The molecule has 1 aromatic carbocycles. The molecular formula is C13H10FN3O2. The van der Waals surface area contributed by atoms with E-state index >= 15 is 0 Å². The molecule has 1 aliphatic rings. The summed E-state index contributed by atoms with van der Waals surface area (Å²) >= 11 is 0. The van der Waals surface area contributed by atoms with Crippen LogP contribution < -0.4 is 4.90 Å². The molecule has 0 unspecified atom stereocenters. The highest BCUT2D eigenvalue weighted by atomic mass is 19.1. The second-order valence-corrected chi connectivity index (χ2v) is 4.25. The van der Waals surface area contributed by atoms with Gasteiger partial charge in [-0.15, -0.1) is 0 Å². The highest BCUT2D eigenvalue weighted by Crippen LogP contribution is 2.32. The first-order chi connectivity index (χ1) is 9.15. The van der Waals surface area contributed by atoms with Crippen molar-refractivity contribution in [3.63, 3.8) is 0 Å². The molecule has 5 nitrogen and oxygen atoms in total. The second-order valence-electron chi connectivity index (χ2n) is 4.25. The van der Waals surface area contributed by atoms with Crippen molar-refractivity contribution in [3.05, 3.63) is 47.5 Å². The lowest BCUT2D eigenvalue weighted by atomic mass is 10.2. The van der Waals surface area contributed by atoms with Crippen LogP contribution in [0, 0.1) is 5.82 Å². The van der Waals surface area contributed by atoms with Crippen LogP contribution in [0.4, 0.5) is 16.0 Å². The monoisotopic (exact) mass is 259 g/mol. The van der Waals surface area contributed by atoms with Gasteiger partial charge in [0.2, 0.25) is 5.95 Å². The van der Waals surface area contributed by atoms with Gasteiger partial charge in [-0.3, -0.25) is 0 Å². The maximum atomic E-state index is 13.3. The van der Waals surface area contributed by atoms with E-state index in [2.05, 4.69) is 9.97 Å². The Kier molecular flexibility index (Phi) is 2.63. The van der Waals surface area contributed by atoms with Gasteiger partial charge in [0, 0.05) is 18.9 Å². The number of aromatic nitrogens is 2. The number of rotatable bonds is 2. The smallest absolute Gasteiger partial charge is 0.338 e. The summed E-state index contributed by atoms with van der Waals surface area (Å²) in [5, 5.41) is 8.79. The lowest BCUT2D eigenvalue weighted by Gasteiger charge is -2.16. The molecule has 3 rings (SSSR count). The minimum atomic E-state index is -1.07. The molecule has 6 heteroatoms. The van der Waals surface area contributed by atoms with Gasteiger partial charge in [0.25, 0.3) is 0 Å². The summed E-state index contributed by atoms with van der Waals surface area (Å²) in [5.74, 6) is -0.999. The van der Waals surface area contributed by atoms with E-state index < -0.39 is 5.97 Å². The van der Waals surface area contributed by atoms with Gasteiger partial charge >= 0.3 is 5.97 Å². The highest BCUT2D eigenvalue weighted by molar-refractivity contribution is 5.86. The molecule has 1 aromatic heterocycles. The largest absolute Gasteiger partial charge is 0.478 e. The Hall–Kier alpha value is -2.50. The van der Waals surface area contributed by atoms with Gasteiger partial charge in [-0.2, -0.15) is 0 Å². The van der Waals surface area contributed by atoms with E-state index in [0.717, 1.165) is 17.7 Å². The average Bonchev–Trinajstić information content (AvgIpc) is 2.81. The lowest BCUT2D eigenvalue weighted by molar-refractivity contribution is 0.0696. The van der Waals surface area contributed by atoms with Gasteiger partial charge in [0.1, 0.15) is 5.82 Å². The normalized spacial score (nSPS) is 13.4. The van der Waals surface area contributed by atoms with Crippen LogP contribution in [0.5, 0.6) is 0 Å². The number of anilines is 2. The fourth-order valence-corrected chi connectivity index (χ4v) is 2.13. The number of fused-ring (bicyclic) bond motifs is 1. The molecule has 0 aliphatic carbocycles. The van der Waals surface area contributed by atoms with Crippen LogP contribution in [0.25, 0.3) is 0 Å². The molecule has 0 atom stereocenters. The summed E-state index contributed by atoms with van der Waals surface area (Å²) in [5.41, 5.74) is 1.80. The van der Waals surface area contributed by atoms with Gasteiger partial charge in [-0.25, -0.2) is 19.2 Å². The molecule has 0 amide bonds. The van der Waals surface area contributed by atoms with Crippen molar-refractivity contribution < 1.29 is 14.3 Å². The van der Waals surface area contributed by atoms with Gasteiger partial charge < -0.3 is 10.0 Å². The second kappa shape index (κ2) is 4.31. The summed E-state index contributed by atoms with van der Waals surface area (Å²) < 4.78 is 13.3. The number of hydrogen-bond acceptors (Lipinski definition) is 4. The quantitative estimate of drug-likeness (QED) is 0.893. The topological polar surface area (TPSA) is 66.3 Å². The Morgan fingerprint density at radius 2 is 2.05 bits per heavy atom. The third-order valence-electron chi connectivity index (χ3n) is 3.07. The Morgan fingerprint density at radius 3 is 2.74 bits per heavy atom. The van der Waals surface area contributed by atoms with Crippen LogP contribution >= 0.6 is 0 Å². The number of hydrogen-bond donors (Lipinski definition) is 1. The minimum absolute atomic E-state index is 0.0300. The predicted octanol–water partition coefficient (Wildman–Crippen LogP) is 2.01. The zero-order chi connectivity index (χ0) is 13.4. The van der Waals surface area contributed by atoms with E-state index in [4.69, 9.17) is 5.11 Å². The third-order valence-corrected chi connectivity index (χ3v) is 3.07. The number of carboxylic acids is 1. The molecule has 2 aromatic rings. The van der Waals surface area contributed by atoms with Crippen LogP contribution in [-0.2, 0) is 6.42 Å². The molecule has 0 saturated heterocycles. The minimum Gasteiger partial charge on any atom is -0.478 e. The Balaban J connectivity index is 1.97. The molecule has 0 radical (unpaired) electrons. The zero-order valence-electron chi connectivity index (χ0n) is 9.88. The van der Waals surface area contributed by atoms with Gasteiger partial charge in [-0.05, 0) is 24.1 Å². The third kappa shape index (κ3) is 2.01. The molecule has 0 fully saturated rings. The van der Waals surface area contributed by atoms with E-state index in [1.54, 1.807) is 11.0 Å². The summed E-state index contributed by atoms with van der Waals surface area (Å²) in [7, 11) is 0. The first kappa shape index (κ1) is 11.6. The fraction of sp³-hybridized carbons (Fsp3) is 0.154. The molecule has 19 heavy (non-hydrogen) atoms. The van der Waals surface area contributed by atoms with Crippen molar-refractivity contribution >= 4 is 17.6 Å². The highest BCUT2D eigenvalue weighted by Gasteiger charge is 2.23. The number of benzene rings is 1. The summed E-state index contributed by atoms with van der Waals surface area (Å²) in [6, 6.07) is 4.61. The van der Waals surface area contributed by atoms with Crippen molar-refractivity contribution in [1.29, 1.82) is 0 Å². The van der Waals surface area contributed by atoms with Crippen LogP contribution in [0.1, 0.15) is 15.9 Å². The molecule has 0 bridgehead atoms. The Morgan fingerprint density at radius 1 is 1.32 bits per heavy atom. The molecule has 96 valence electrons. The van der Waals surface area contributed by atoms with Crippen molar-refractivity contribution in [1.82, 2.24) is 9.97 Å². The van der Waals surface area contributed by atoms with Gasteiger partial charge in [-0.1, -0.05) is 6.07 Å². The first-order valence-corrected chi connectivity index (χ1v) is 5.76. The zero-order valence-corrected chi connectivity index (χ0v) is 9.88. The average molecular weight is 259 g/mol. The van der Waals surface area contributed by atoms with Crippen molar-refractivity contribution in [3.8, 4) is 0 Å². The van der Waals surface area contributed by atoms with Crippen molar-refractivity contribution in [2.24, 2.45) is 0 Å². The van der Waals surface area contributed by atoms with E-state index in [0.29, 0.717) is 12.5 Å². The van der Waals surface area contributed by atoms with Crippen LogP contribution in [0.3, 0.4) is 0 Å². The number of aromatic carboxylic acids is 1. The Bertz CT molecular complexity index is 643. The van der Waals surface area contributed by atoms with Crippen LogP contribution in [-0.4, -0.2) is 27.6 Å². The molecule has 1 aliphatic heterocycles. The summed E-state index contributed by atoms with van der Waals surface area (Å²) in [6.07, 6.45) is 3.30. The molecule has 0 spiro atoms. The van der Waals surface area contributed by atoms with Crippen molar-refractivity contribution in [2.75, 3.05) is 11.4 Å². The van der Waals surface area contributed by atoms with Gasteiger partial charge in [0.05, 0.1) is 11.3 Å². The molecule has 2 heterocycles. The molecule has 0 saturated carbocycles. The number of halogens is 1. The number of nitrogens with zero attached hydrogens (tertiary/aromatic N) is 3. The van der Waals surface area contributed by atoms with Crippen molar-refractivity contribution in [2.45, 2.75) is 6.42 Å². The number of carboxylic acid groups (broad SMARTS) is 1. The van der Waals surface area contributed by atoms with E-state index in [9.17, 15) is 9.18 Å². The van der Waals surface area contributed by atoms with E-state index in [1.165, 1.54) is 24.5 Å². The molecule has 1 N–H and O–H groups in total.